The summed E-state index contributed by atoms with van der Waals surface area (Å²) < 4.78 is 9.66. The number of hydrogen-bond acceptors (Lipinski definition) is 4. The third-order valence-corrected chi connectivity index (χ3v) is 4.12. The van der Waals surface area contributed by atoms with E-state index < -0.39 is 0 Å². The molecule has 0 aliphatic carbocycles. The van der Waals surface area contributed by atoms with Crippen LogP contribution in [0.1, 0.15) is 12.8 Å². The number of carbonyl (C=O) groups is 1. The average Bonchev–Trinajstić information content (AvgIpc) is 2.97. The van der Waals surface area contributed by atoms with Crippen molar-refractivity contribution >= 4 is 22.4 Å². The van der Waals surface area contributed by atoms with Crippen molar-refractivity contribution in [2.24, 2.45) is 5.92 Å². The molecule has 2 heterocycles. The maximum absolute atomic E-state index is 12.1. The van der Waals surface area contributed by atoms with Gasteiger partial charge in [0, 0.05) is 30.8 Å². The first kappa shape index (κ1) is 13.3. The van der Waals surface area contributed by atoms with Crippen molar-refractivity contribution in [1.82, 2.24) is 4.37 Å². The van der Waals surface area contributed by atoms with Crippen molar-refractivity contribution in [3.05, 3.63) is 36.4 Å². The molecule has 5 heteroatoms. The number of ether oxygens (including phenoxy) is 1. The number of nitrogens with zero attached hydrogens (tertiary/aromatic N) is 1. The second kappa shape index (κ2) is 6.15. The maximum atomic E-state index is 12.1. The molecule has 1 fully saturated rings. The molecule has 0 saturated carbocycles. The minimum atomic E-state index is 0.0611. The van der Waals surface area contributed by atoms with Crippen LogP contribution in [-0.2, 0) is 9.53 Å². The Kier molecular flexibility index (Phi) is 4.08. The maximum Gasteiger partial charge on any atom is 0.228 e. The average molecular weight is 288 g/mol. The van der Waals surface area contributed by atoms with Gasteiger partial charge in [-0.3, -0.25) is 4.79 Å². The van der Waals surface area contributed by atoms with E-state index in [4.69, 9.17) is 4.74 Å². The van der Waals surface area contributed by atoms with E-state index in [0.717, 1.165) is 29.1 Å². The Hall–Kier alpha value is -1.72. The van der Waals surface area contributed by atoms with Gasteiger partial charge in [0.15, 0.2) is 0 Å². The number of amides is 1. The van der Waals surface area contributed by atoms with Gasteiger partial charge in [0.25, 0.3) is 0 Å². The number of benzene rings is 1. The van der Waals surface area contributed by atoms with Crippen LogP contribution in [0.2, 0.25) is 0 Å². The monoisotopic (exact) mass is 288 g/mol. The molecule has 1 aromatic heterocycles. The SMILES string of the molecule is O=C(Nc1cc(-c2ccccc2)ns1)C1CCOCC1. The van der Waals surface area contributed by atoms with Crippen molar-refractivity contribution in [2.75, 3.05) is 18.5 Å². The van der Waals surface area contributed by atoms with Gasteiger partial charge in [-0.05, 0) is 24.4 Å². The van der Waals surface area contributed by atoms with Gasteiger partial charge in [0.05, 0.1) is 5.69 Å². The van der Waals surface area contributed by atoms with E-state index in [1.165, 1.54) is 11.5 Å². The van der Waals surface area contributed by atoms with E-state index in [0.29, 0.717) is 13.2 Å². The fourth-order valence-corrected chi connectivity index (χ4v) is 2.93. The Labute approximate surface area is 121 Å². The van der Waals surface area contributed by atoms with E-state index in [1.807, 2.05) is 36.4 Å². The first-order chi connectivity index (χ1) is 9.83. The second-order valence-electron chi connectivity index (χ2n) is 4.82. The molecule has 1 amide bonds. The van der Waals surface area contributed by atoms with Crippen LogP contribution in [0.15, 0.2) is 36.4 Å². The van der Waals surface area contributed by atoms with E-state index in [9.17, 15) is 4.79 Å². The molecule has 0 atom stereocenters. The summed E-state index contributed by atoms with van der Waals surface area (Å²) in [4.78, 5) is 12.1. The minimum Gasteiger partial charge on any atom is -0.381 e. The van der Waals surface area contributed by atoms with Crippen LogP contribution < -0.4 is 5.32 Å². The van der Waals surface area contributed by atoms with E-state index in [1.54, 1.807) is 0 Å². The molecule has 1 aliphatic rings. The molecule has 0 spiro atoms. The molecule has 0 unspecified atom stereocenters. The molecule has 20 heavy (non-hydrogen) atoms. The first-order valence-corrected chi connectivity index (χ1v) is 7.51. The van der Waals surface area contributed by atoms with Crippen molar-refractivity contribution in [1.29, 1.82) is 0 Å². The number of nitrogens with one attached hydrogen (secondary N) is 1. The molecule has 0 bridgehead atoms. The van der Waals surface area contributed by atoms with E-state index in [2.05, 4.69) is 9.69 Å². The summed E-state index contributed by atoms with van der Waals surface area (Å²) in [6, 6.07) is 11.9. The largest absolute Gasteiger partial charge is 0.381 e. The lowest BCUT2D eigenvalue weighted by Gasteiger charge is -2.20. The molecule has 0 radical (unpaired) electrons. The Morgan fingerprint density at radius 3 is 2.75 bits per heavy atom. The van der Waals surface area contributed by atoms with E-state index >= 15 is 0 Å². The highest BCUT2D eigenvalue weighted by Crippen LogP contribution is 2.26. The summed E-state index contributed by atoms with van der Waals surface area (Å²) in [6.07, 6.45) is 1.60. The number of carbonyl (C=O) groups excluding carboxylic acids is 1. The zero-order chi connectivity index (χ0) is 13.8. The molecule has 1 aromatic carbocycles. The van der Waals surface area contributed by atoms with Gasteiger partial charge in [-0.25, -0.2) is 0 Å². The number of anilines is 1. The zero-order valence-corrected chi connectivity index (χ0v) is 11.9. The highest BCUT2D eigenvalue weighted by molar-refractivity contribution is 7.10. The fraction of sp³-hybridized carbons (Fsp3) is 0.333. The van der Waals surface area contributed by atoms with Crippen LogP contribution in [-0.4, -0.2) is 23.5 Å². The van der Waals surface area contributed by atoms with Crippen molar-refractivity contribution < 1.29 is 9.53 Å². The lowest BCUT2D eigenvalue weighted by atomic mass is 10.00. The smallest absolute Gasteiger partial charge is 0.228 e. The Morgan fingerprint density at radius 2 is 2.00 bits per heavy atom. The van der Waals surface area contributed by atoms with Crippen molar-refractivity contribution in [3.8, 4) is 11.3 Å². The molecule has 2 aromatic rings. The third kappa shape index (κ3) is 3.05. The van der Waals surface area contributed by atoms with Gasteiger partial charge >= 0.3 is 0 Å². The van der Waals surface area contributed by atoms with Gasteiger partial charge < -0.3 is 10.1 Å². The number of rotatable bonds is 3. The second-order valence-corrected chi connectivity index (χ2v) is 5.62. The molecule has 4 nitrogen and oxygen atoms in total. The van der Waals surface area contributed by atoms with Crippen LogP contribution in [0.5, 0.6) is 0 Å². The number of hydrogen-bond donors (Lipinski definition) is 1. The van der Waals surface area contributed by atoms with Gasteiger partial charge in [0.1, 0.15) is 5.00 Å². The Morgan fingerprint density at radius 1 is 1.25 bits per heavy atom. The highest BCUT2D eigenvalue weighted by atomic mass is 32.1. The van der Waals surface area contributed by atoms with Crippen LogP contribution in [0.3, 0.4) is 0 Å². The van der Waals surface area contributed by atoms with Gasteiger partial charge in [-0.1, -0.05) is 30.3 Å². The summed E-state index contributed by atoms with van der Waals surface area (Å²) >= 11 is 1.32. The van der Waals surface area contributed by atoms with E-state index in [-0.39, 0.29) is 11.8 Å². The van der Waals surface area contributed by atoms with Gasteiger partial charge in [-0.15, -0.1) is 0 Å². The van der Waals surface area contributed by atoms with Crippen LogP contribution >= 0.6 is 11.5 Å². The lowest BCUT2D eigenvalue weighted by molar-refractivity contribution is -0.122. The molecular weight excluding hydrogens is 272 g/mol. The topological polar surface area (TPSA) is 51.2 Å². The number of aromatic nitrogens is 1. The summed E-state index contributed by atoms with van der Waals surface area (Å²) in [7, 11) is 0. The molecule has 1 N–H and O–H groups in total. The van der Waals surface area contributed by atoms with Crippen molar-refractivity contribution in [2.45, 2.75) is 12.8 Å². The molecule has 1 aliphatic heterocycles. The summed E-state index contributed by atoms with van der Waals surface area (Å²) in [5.41, 5.74) is 1.97. The first-order valence-electron chi connectivity index (χ1n) is 6.73. The Balaban J connectivity index is 1.66. The molecule has 104 valence electrons. The molecule has 3 rings (SSSR count). The van der Waals surface area contributed by atoms with Crippen LogP contribution in [0, 0.1) is 5.92 Å². The predicted octanol–water partition coefficient (Wildman–Crippen LogP) is 3.18. The highest BCUT2D eigenvalue weighted by Gasteiger charge is 2.22. The summed E-state index contributed by atoms with van der Waals surface area (Å²) in [5, 5.41) is 3.77. The zero-order valence-electron chi connectivity index (χ0n) is 11.0. The normalized spacial score (nSPS) is 16.0. The third-order valence-electron chi connectivity index (χ3n) is 3.42. The van der Waals surface area contributed by atoms with Crippen molar-refractivity contribution in [3.63, 3.8) is 0 Å². The lowest BCUT2D eigenvalue weighted by Crippen LogP contribution is -2.28. The minimum absolute atomic E-state index is 0.0611. The summed E-state index contributed by atoms with van der Waals surface area (Å²) in [5.74, 6) is 0.141. The molecule has 1 saturated heterocycles. The van der Waals surface area contributed by atoms with Gasteiger partial charge in [0.2, 0.25) is 5.91 Å². The van der Waals surface area contributed by atoms with Gasteiger partial charge in [-0.2, -0.15) is 4.37 Å². The quantitative estimate of drug-likeness (QED) is 0.943. The Bertz CT molecular complexity index is 577. The van der Waals surface area contributed by atoms with Crippen LogP contribution in [0.4, 0.5) is 5.00 Å². The summed E-state index contributed by atoms with van der Waals surface area (Å²) in [6.45, 7) is 1.35. The predicted molar refractivity (Wildman–Crippen MR) is 79.7 cm³/mol. The fourth-order valence-electron chi connectivity index (χ4n) is 2.26. The van der Waals surface area contributed by atoms with Crippen LogP contribution in [0.25, 0.3) is 11.3 Å². The standard InChI is InChI=1S/C15H16N2O2S/c18-15(12-6-8-19-9-7-12)16-14-10-13(17-20-14)11-4-2-1-3-5-11/h1-5,10,12H,6-9H2,(H,16,18). The molecular formula is C15H16N2O2S.